The molecule has 5 aromatic carbocycles. The van der Waals surface area contributed by atoms with E-state index >= 15 is 0 Å². The second-order valence-corrected chi connectivity index (χ2v) is 15.2. The van der Waals surface area contributed by atoms with Crippen LogP contribution in [0.4, 0.5) is 0 Å². The van der Waals surface area contributed by atoms with Gasteiger partial charge in [-0.3, -0.25) is 0 Å². The van der Waals surface area contributed by atoms with E-state index in [1.807, 2.05) is 11.3 Å². The number of hydrogen-bond acceptors (Lipinski definition) is 1. The Morgan fingerprint density at radius 1 is 0.620 bits per heavy atom. The number of pyridine rings is 2. The fraction of sp³-hybridized carbons (Fsp3) is 0.0870. The summed E-state index contributed by atoms with van der Waals surface area (Å²) >= 11 is 1.92. The van der Waals surface area contributed by atoms with Gasteiger partial charge in [0.2, 0.25) is 23.1 Å². The number of nitrogens with zero attached hydrogens (tertiary/aromatic N) is 3. The van der Waals surface area contributed by atoms with E-state index in [1.165, 1.54) is 91.9 Å². The van der Waals surface area contributed by atoms with Crippen molar-refractivity contribution in [1.29, 1.82) is 0 Å². The van der Waals surface area contributed by atoms with Crippen LogP contribution < -0.4 is 9.13 Å². The third-order valence-electron chi connectivity index (χ3n) is 11.7. The number of para-hydroxylation sites is 1. The molecule has 0 radical (unpaired) electrons. The summed E-state index contributed by atoms with van der Waals surface area (Å²) in [5, 5.41) is 8.09. The lowest BCUT2D eigenvalue weighted by molar-refractivity contribution is -0.727. The molecule has 7 heterocycles. The number of hydrogen-bond donors (Lipinski definition) is 0. The van der Waals surface area contributed by atoms with Gasteiger partial charge in [0, 0.05) is 71.5 Å². The molecule has 2 unspecified atom stereocenters. The van der Waals surface area contributed by atoms with Crippen LogP contribution in [0.2, 0.25) is 0 Å². The van der Waals surface area contributed by atoms with Crippen LogP contribution in [0.5, 0.6) is 0 Å². The van der Waals surface area contributed by atoms with Gasteiger partial charge in [0.15, 0.2) is 12.4 Å². The molecule has 0 bridgehead atoms. The lowest BCUT2D eigenvalue weighted by atomic mass is 9.78. The standard InChI is InChI=1S/C46H31N3S/c1-27-45-32(29-12-2-3-13-30(29)37-16-9-11-23-48(37)45)21-20-28-24-40-36(25-34(28)38-17-8-10-22-47(27)38)44-43-33-15-5-7-19-41(33)50-42(43)26-35-31-14-4-6-18-39(31)49(40)46(35)44/h2-19,22-26,32,45H,1,20-21H2/q+2. The van der Waals surface area contributed by atoms with Gasteiger partial charge in [0.1, 0.15) is 0 Å². The Kier molecular flexibility index (Phi) is 5.22. The average molecular weight is 658 g/mol. The van der Waals surface area contributed by atoms with Crippen molar-refractivity contribution in [3.8, 4) is 22.5 Å². The highest BCUT2D eigenvalue weighted by molar-refractivity contribution is 7.26. The number of thiophene rings is 1. The minimum absolute atomic E-state index is 0.0962. The first-order valence-electron chi connectivity index (χ1n) is 17.6. The van der Waals surface area contributed by atoms with E-state index in [-0.39, 0.29) is 12.0 Å². The van der Waals surface area contributed by atoms with Gasteiger partial charge in [-0.25, -0.2) is 0 Å². The summed E-state index contributed by atoms with van der Waals surface area (Å²) in [5.41, 5.74) is 12.9. The second kappa shape index (κ2) is 9.65. The zero-order valence-electron chi connectivity index (χ0n) is 27.3. The van der Waals surface area contributed by atoms with Crippen molar-refractivity contribution < 1.29 is 9.13 Å². The molecule has 0 fully saturated rings. The molecule has 0 N–H and O–H groups in total. The molecule has 5 aromatic heterocycles. The summed E-state index contributed by atoms with van der Waals surface area (Å²) in [6, 6.07) is 47.8. The van der Waals surface area contributed by atoms with Gasteiger partial charge in [-0.1, -0.05) is 54.6 Å². The van der Waals surface area contributed by atoms with Crippen LogP contribution in [-0.2, 0) is 6.42 Å². The Morgan fingerprint density at radius 2 is 1.40 bits per heavy atom. The highest BCUT2D eigenvalue weighted by Crippen LogP contribution is 2.50. The highest BCUT2D eigenvalue weighted by atomic mass is 32.1. The average Bonchev–Trinajstić information content (AvgIpc) is 3.82. The summed E-state index contributed by atoms with van der Waals surface area (Å²) in [6.45, 7) is 4.90. The van der Waals surface area contributed by atoms with E-state index in [0.29, 0.717) is 0 Å². The van der Waals surface area contributed by atoms with Gasteiger partial charge in [0.05, 0.1) is 28.0 Å². The van der Waals surface area contributed by atoms with Crippen molar-refractivity contribution in [3.63, 3.8) is 0 Å². The summed E-state index contributed by atoms with van der Waals surface area (Å²) in [5.74, 6) is 0.284. The van der Waals surface area contributed by atoms with Gasteiger partial charge >= 0.3 is 0 Å². The van der Waals surface area contributed by atoms with Crippen LogP contribution in [0.15, 0.2) is 146 Å². The lowest BCUT2D eigenvalue weighted by Gasteiger charge is -2.29. The molecular formula is C46H31N3S+2. The van der Waals surface area contributed by atoms with Gasteiger partial charge < -0.3 is 4.40 Å². The number of aromatic nitrogens is 3. The number of aryl methyl sites for hydroxylation is 1. The molecule has 12 rings (SSSR count). The monoisotopic (exact) mass is 657 g/mol. The Labute approximate surface area is 292 Å². The van der Waals surface area contributed by atoms with Crippen molar-refractivity contribution in [2.24, 2.45) is 0 Å². The molecule has 0 saturated heterocycles. The summed E-state index contributed by atoms with van der Waals surface area (Å²) in [7, 11) is 0. The Balaban J connectivity index is 1.21. The van der Waals surface area contributed by atoms with Crippen LogP contribution in [-0.4, -0.2) is 4.40 Å². The van der Waals surface area contributed by atoms with E-state index in [9.17, 15) is 0 Å². The first-order valence-corrected chi connectivity index (χ1v) is 18.4. The van der Waals surface area contributed by atoms with Crippen LogP contribution >= 0.6 is 11.3 Å². The quantitative estimate of drug-likeness (QED) is 0.144. The molecule has 3 nitrogen and oxygen atoms in total. The minimum atomic E-state index is 0.0962. The second-order valence-electron chi connectivity index (χ2n) is 14.1. The lowest BCUT2D eigenvalue weighted by Crippen LogP contribution is -2.53. The third kappa shape index (κ3) is 3.34. The zero-order valence-corrected chi connectivity index (χ0v) is 28.1. The highest BCUT2D eigenvalue weighted by Gasteiger charge is 2.46. The maximum absolute atomic E-state index is 4.90. The molecule has 2 aliphatic rings. The smallest absolute Gasteiger partial charge is 0.249 e. The predicted molar refractivity (Wildman–Crippen MR) is 207 cm³/mol. The molecule has 0 saturated carbocycles. The maximum atomic E-state index is 4.90. The predicted octanol–water partition coefficient (Wildman–Crippen LogP) is 10.9. The number of fused-ring (bicyclic) bond motifs is 19. The maximum Gasteiger partial charge on any atom is 0.249 e. The largest absolute Gasteiger partial charge is 0.308 e. The van der Waals surface area contributed by atoms with E-state index in [2.05, 4.69) is 153 Å². The fourth-order valence-electron chi connectivity index (χ4n) is 9.72. The summed E-state index contributed by atoms with van der Waals surface area (Å²) in [6.07, 6.45) is 6.48. The molecule has 0 spiro atoms. The van der Waals surface area contributed by atoms with Crippen LogP contribution in [0, 0.1) is 0 Å². The molecule has 234 valence electrons. The molecule has 50 heavy (non-hydrogen) atoms. The minimum Gasteiger partial charge on any atom is -0.308 e. The first kappa shape index (κ1) is 27.0. The van der Waals surface area contributed by atoms with Crippen molar-refractivity contribution >= 4 is 75.3 Å². The Bertz CT molecular complexity index is 3090. The summed E-state index contributed by atoms with van der Waals surface area (Å²) < 4.78 is 10.1. The van der Waals surface area contributed by atoms with Crippen LogP contribution in [0.25, 0.3) is 86.5 Å². The molecular weight excluding hydrogens is 627 g/mol. The van der Waals surface area contributed by atoms with Crippen molar-refractivity contribution in [2.75, 3.05) is 0 Å². The first-order chi connectivity index (χ1) is 24.7. The SMILES string of the molecule is C=C1C2C(CCc3cc4c(cc3-c3cccc[n+]31)c1c3c(cc5c6ccccc6n4c51)sc1ccccc13)c1ccccc1-c1cccc[n+]12. The molecule has 10 aromatic rings. The van der Waals surface area contributed by atoms with Crippen molar-refractivity contribution in [3.05, 3.63) is 157 Å². The van der Waals surface area contributed by atoms with Crippen LogP contribution in [0.1, 0.15) is 29.5 Å². The van der Waals surface area contributed by atoms with E-state index < -0.39 is 0 Å². The van der Waals surface area contributed by atoms with Crippen molar-refractivity contribution in [2.45, 2.75) is 24.8 Å². The van der Waals surface area contributed by atoms with Gasteiger partial charge in [0.25, 0.3) is 0 Å². The normalized spacial score (nSPS) is 17.1. The number of benzene rings is 5. The van der Waals surface area contributed by atoms with E-state index in [0.717, 1.165) is 18.5 Å². The summed E-state index contributed by atoms with van der Waals surface area (Å²) in [4.78, 5) is 0. The van der Waals surface area contributed by atoms with Crippen molar-refractivity contribution in [1.82, 2.24) is 4.40 Å². The van der Waals surface area contributed by atoms with E-state index in [1.54, 1.807) is 0 Å². The number of allylic oxidation sites excluding steroid dienone is 1. The topological polar surface area (TPSA) is 12.2 Å². The Hall–Kier alpha value is -5.84. The Morgan fingerprint density at radius 3 is 2.34 bits per heavy atom. The van der Waals surface area contributed by atoms with Gasteiger partial charge in [-0.15, -0.1) is 11.3 Å². The fourth-order valence-corrected chi connectivity index (χ4v) is 10.9. The molecule has 2 aliphatic heterocycles. The molecule has 4 heteroatoms. The zero-order chi connectivity index (χ0) is 32.7. The molecule has 0 amide bonds. The molecule has 0 aliphatic carbocycles. The molecule has 2 atom stereocenters. The van der Waals surface area contributed by atoms with Gasteiger partial charge in [-0.2, -0.15) is 9.13 Å². The number of rotatable bonds is 0. The van der Waals surface area contributed by atoms with E-state index in [4.69, 9.17) is 6.58 Å². The van der Waals surface area contributed by atoms with Crippen LogP contribution in [0.3, 0.4) is 0 Å². The van der Waals surface area contributed by atoms with Gasteiger partial charge in [-0.05, 0) is 79.1 Å². The third-order valence-corrected chi connectivity index (χ3v) is 12.9.